The number of alkyl halides is 2. The summed E-state index contributed by atoms with van der Waals surface area (Å²) in [6.07, 6.45) is 1.02. The SMILES string of the molecule is C[C@H](c1ccccc1)n1cc(F)c(F)c1C(=O)C(Br)Br. The van der Waals surface area contributed by atoms with E-state index in [-0.39, 0.29) is 11.7 Å². The van der Waals surface area contributed by atoms with Crippen molar-refractivity contribution in [2.45, 2.75) is 16.7 Å². The number of rotatable bonds is 4. The number of halogens is 4. The van der Waals surface area contributed by atoms with Crippen LogP contribution in [0.4, 0.5) is 8.78 Å². The average Bonchev–Trinajstić information content (AvgIpc) is 2.74. The molecule has 0 aliphatic rings. The van der Waals surface area contributed by atoms with Gasteiger partial charge in [-0.3, -0.25) is 4.79 Å². The Bertz CT molecular complexity index is 626. The summed E-state index contributed by atoms with van der Waals surface area (Å²) >= 11 is 6.05. The van der Waals surface area contributed by atoms with Crippen LogP contribution in [0.2, 0.25) is 0 Å². The average molecular weight is 407 g/mol. The van der Waals surface area contributed by atoms with Gasteiger partial charge in [-0.05, 0) is 12.5 Å². The van der Waals surface area contributed by atoms with Crippen LogP contribution in [0.1, 0.15) is 29.0 Å². The zero-order valence-electron chi connectivity index (χ0n) is 10.5. The standard InChI is InChI=1S/C14H11Br2F2NO/c1-8(9-5-3-2-4-6-9)19-7-10(17)11(18)12(19)13(20)14(15)16/h2-8,14H,1H3/t8-/m1/s1. The lowest BCUT2D eigenvalue weighted by Gasteiger charge is -2.17. The summed E-state index contributed by atoms with van der Waals surface area (Å²) in [5.41, 5.74) is 0.579. The first kappa shape index (κ1) is 15.4. The van der Waals surface area contributed by atoms with Gasteiger partial charge in [0.15, 0.2) is 11.6 Å². The van der Waals surface area contributed by atoms with Gasteiger partial charge < -0.3 is 4.57 Å². The minimum atomic E-state index is -1.12. The highest BCUT2D eigenvalue weighted by molar-refractivity contribution is 9.25. The Hall–Kier alpha value is -1.01. The quantitative estimate of drug-likeness (QED) is 0.534. The van der Waals surface area contributed by atoms with Crippen molar-refractivity contribution in [3.63, 3.8) is 0 Å². The molecular weight excluding hydrogens is 396 g/mol. The van der Waals surface area contributed by atoms with Gasteiger partial charge >= 0.3 is 0 Å². The van der Waals surface area contributed by atoms with Gasteiger partial charge in [0.1, 0.15) is 9.43 Å². The van der Waals surface area contributed by atoms with Gasteiger partial charge in [-0.25, -0.2) is 8.78 Å². The van der Waals surface area contributed by atoms with E-state index in [1.807, 2.05) is 30.3 Å². The van der Waals surface area contributed by atoms with Crippen molar-refractivity contribution in [3.05, 3.63) is 59.4 Å². The van der Waals surface area contributed by atoms with E-state index in [9.17, 15) is 13.6 Å². The van der Waals surface area contributed by atoms with Gasteiger partial charge in [0.2, 0.25) is 5.78 Å². The predicted molar refractivity (Wildman–Crippen MR) is 80.6 cm³/mol. The Morgan fingerprint density at radius 1 is 1.20 bits per heavy atom. The third kappa shape index (κ3) is 2.86. The number of aromatic nitrogens is 1. The van der Waals surface area contributed by atoms with Crippen LogP contribution in [-0.4, -0.2) is 14.1 Å². The minimum Gasteiger partial charge on any atom is -0.332 e. The van der Waals surface area contributed by atoms with Crippen LogP contribution >= 0.6 is 31.9 Å². The van der Waals surface area contributed by atoms with Crippen molar-refractivity contribution < 1.29 is 13.6 Å². The minimum absolute atomic E-state index is 0.280. The summed E-state index contributed by atoms with van der Waals surface area (Å²) in [6, 6.07) is 8.85. The van der Waals surface area contributed by atoms with E-state index in [4.69, 9.17) is 0 Å². The Labute approximate surface area is 132 Å². The van der Waals surface area contributed by atoms with Crippen LogP contribution in [0.3, 0.4) is 0 Å². The number of Topliss-reactive ketones (excluding diaryl/α,β-unsaturated/α-hetero) is 1. The van der Waals surface area contributed by atoms with Crippen molar-refractivity contribution in [1.29, 1.82) is 0 Å². The molecule has 1 atom stereocenters. The zero-order chi connectivity index (χ0) is 14.9. The van der Waals surface area contributed by atoms with Crippen molar-refractivity contribution in [2.24, 2.45) is 0 Å². The highest BCUT2D eigenvalue weighted by Gasteiger charge is 2.28. The molecule has 106 valence electrons. The van der Waals surface area contributed by atoms with Crippen LogP contribution in [0.5, 0.6) is 0 Å². The smallest absolute Gasteiger partial charge is 0.206 e. The second kappa shape index (κ2) is 6.18. The molecule has 0 radical (unpaired) electrons. The van der Waals surface area contributed by atoms with Crippen LogP contribution < -0.4 is 0 Å². The van der Waals surface area contributed by atoms with E-state index in [2.05, 4.69) is 31.9 Å². The molecule has 0 fully saturated rings. The van der Waals surface area contributed by atoms with Crippen molar-refractivity contribution in [3.8, 4) is 0 Å². The van der Waals surface area contributed by atoms with Gasteiger partial charge in [-0.15, -0.1) is 0 Å². The highest BCUT2D eigenvalue weighted by Crippen LogP contribution is 2.27. The van der Waals surface area contributed by atoms with Crippen molar-refractivity contribution in [1.82, 2.24) is 4.57 Å². The largest absolute Gasteiger partial charge is 0.332 e. The van der Waals surface area contributed by atoms with Gasteiger partial charge in [0.25, 0.3) is 0 Å². The molecule has 1 aromatic heterocycles. The fourth-order valence-corrected chi connectivity index (χ4v) is 2.44. The molecule has 0 saturated heterocycles. The lowest BCUT2D eigenvalue weighted by atomic mass is 10.1. The first-order valence-corrected chi connectivity index (χ1v) is 7.69. The molecule has 0 N–H and O–H groups in total. The number of carbonyl (C=O) groups excluding carboxylic acids is 1. The maximum absolute atomic E-state index is 13.9. The maximum Gasteiger partial charge on any atom is 0.206 e. The molecule has 0 bridgehead atoms. The Morgan fingerprint density at radius 2 is 1.80 bits per heavy atom. The highest BCUT2D eigenvalue weighted by atomic mass is 79.9. The molecule has 1 aromatic carbocycles. The third-order valence-electron chi connectivity index (χ3n) is 3.06. The van der Waals surface area contributed by atoms with Crippen LogP contribution in [0.25, 0.3) is 0 Å². The Balaban J connectivity index is 2.52. The molecule has 6 heteroatoms. The third-order valence-corrected chi connectivity index (χ3v) is 3.89. The Kier molecular flexibility index (Phi) is 4.75. The fourth-order valence-electron chi connectivity index (χ4n) is 2.01. The predicted octanol–water partition coefficient (Wildman–Crippen LogP) is 4.67. The molecule has 2 nitrogen and oxygen atoms in total. The molecule has 0 aliphatic heterocycles. The number of carbonyl (C=O) groups is 1. The fraction of sp³-hybridized carbons (Fsp3) is 0.214. The van der Waals surface area contributed by atoms with Gasteiger partial charge in [0.05, 0.1) is 6.04 Å². The van der Waals surface area contributed by atoms with Gasteiger partial charge in [0, 0.05) is 6.20 Å². The molecule has 20 heavy (non-hydrogen) atoms. The summed E-state index contributed by atoms with van der Waals surface area (Å²) in [6.45, 7) is 1.78. The number of hydrogen-bond acceptors (Lipinski definition) is 1. The monoisotopic (exact) mass is 405 g/mol. The van der Waals surface area contributed by atoms with E-state index in [1.54, 1.807) is 6.92 Å². The van der Waals surface area contributed by atoms with Crippen LogP contribution in [-0.2, 0) is 0 Å². The van der Waals surface area contributed by atoms with Crippen molar-refractivity contribution in [2.75, 3.05) is 0 Å². The van der Waals surface area contributed by atoms with E-state index in [1.165, 1.54) is 4.57 Å². The van der Waals surface area contributed by atoms with E-state index >= 15 is 0 Å². The lowest BCUT2D eigenvalue weighted by Crippen LogP contribution is -2.18. The van der Waals surface area contributed by atoms with E-state index in [0.717, 1.165) is 11.8 Å². The molecule has 1 heterocycles. The van der Waals surface area contributed by atoms with E-state index in [0.29, 0.717) is 0 Å². The van der Waals surface area contributed by atoms with Crippen LogP contribution in [0, 0.1) is 11.6 Å². The Morgan fingerprint density at radius 3 is 2.35 bits per heavy atom. The molecule has 2 rings (SSSR count). The van der Waals surface area contributed by atoms with Gasteiger partial charge in [-0.1, -0.05) is 62.2 Å². The summed E-state index contributed by atoms with van der Waals surface area (Å²) in [5.74, 6) is -2.72. The topological polar surface area (TPSA) is 22.0 Å². The molecule has 2 aromatic rings. The van der Waals surface area contributed by atoms with E-state index < -0.39 is 21.2 Å². The molecule has 0 aliphatic carbocycles. The summed E-state index contributed by atoms with van der Waals surface area (Å²) in [5, 5.41) is 0. The molecule has 0 amide bonds. The summed E-state index contributed by atoms with van der Waals surface area (Å²) in [7, 11) is 0. The molecule has 0 saturated carbocycles. The first-order valence-electron chi connectivity index (χ1n) is 5.86. The maximum atomic E-state index is 13.9. The summed E-state index contributed by atoms with van der Waals surface area (Å²) in [4.78, 5) is 12.0. The van der Waals surface area contributed by atoms with Crippen LogP contribution in [0.15, 0.2) is 36.5 Å². The molecule has 0 spiro atoms. The molecular formula is C14H11Br2F2NO. The van der Waals surface area contributed by atoms with Gasteiger partial charge in [-0.2, -0.15) is 0 Å². The second-order valence-corrected chi connectivity index (χ2v) is 7.36. The number of ketones is 1. The number of hydrogen-bond donors (Lipinski definition) is 0. The first-order chi connectivity index (χ1) is 9.43. The summed E-state index contributed by atoms with van der Waals surface area (Å²) < 4.78 is 27.9. The van der Waals surface area contributed by atoms with Crippen molar-refractivity contribution >= 4 is 37.6 Å². The second-order valence-electron chi connectivity index (χ2n) is 4.30. The number of benzene rings is 1. The number of nitrogens with zero attached hydrogens (tertiary/aromatic N) is 1. The normalized spacial score (nSPS) is 12.7. The lowest BCUT2D eigenvalue weighted by molar-refractivity contribution is 0.0999. The molecule has 0 unspecified atom stereocenters. The zero-order valence-corrected chi connectivity index (χ0v) is 13.7.